The first-order valence-corrected chi connectivity index (χ1v) is 11.0. The largest absolute Gasteiger partial charge is 0.481 e. The SMILES string of the molecule is Cn1cc(CNC(=O)C(CCC(=O)O)NC(=O)OCC2c3ccccc3-c3ccccc32)cn1. The Hall–Kier alpha value is -4.14. The van der Waals surface area contributed by atoms with Gasteiger partial charge in [-0.2, -0.15) is 5.10 Å². The molecule has 1 unspecified atom stereocenters. The minimum absolute atomic E-state index is 0.0571. The van der Waals surface area contributed by atoms with E-state index >= 15 is 0 Å². The number of carbonyl (C=O) groups is 3. The summed E-state index contributed by atoms with van der Waals surface area (Å²) in [5.74, 6) is -1.66. The van der Waals surface area contributed by atoms with Crippen LogP contribution in [0.15, 0.2) is 60.9 Å². The Morgan fingerprint density at radius 1 is 1.09 bits per heavy atom. The number of rotatable bonds is 9. The number of hydrogen-bond acceptors (Lipinski definition) is 5. The van der Waals surface area contributed by atoms with E-state index in [4.69, 9.17) is 9.84 Å². The smallest absolute Gasteiger partial charge is 0.407 e. The van der Waals surface area contributed by atoms with E-state index in [0.717, 1.165) is 27.8 Å². The van der Waals surface area contributed by atoms with Crippen molar-refractivity contribution in [3.63, 3.8) is 0 Å². The van der Waals surface area contributed by atoms with Gasteiger partial charge in [-0.1, -0.05) is 48.5 Å². The fraction of sp³-hybridized carbons (Fsp3) is 0.280. The molecule has 34 heavy (non-hydrogen) atoms. The molecule has 0 spiro atoms. The molecule has 1 atom stereocenters. The van der Waals surface area contributed by atoms with Crippen LogP contribution in [0.1, 0.15) is 35.4 Å². The van der Waals surface area contributed by atoms with Crippen molar-refractivity contribution < 1.29 is 24.2 Å². The molecule has 0 fully saturated rings. The number of carboxylic acid groups (broad SMARTS) is 1. The Morgan fingerprint density at radius 3 is 2.32 bits per heavy atom. The maximum absolute atomic E-state index is 12.7. The first-order valence-electron chi connectivity index (χ1n) is 11.0. The van der Waals surface area contributed by atoms with E-state index in [1.807, 2.05) is 48.5 Å². The van der Waals surface area contributed by atoms with E-state index in [2.05, 4.69) is 15.7 Å². The highest BCUT2D eigenvalue weighted by atomic mass is 16.5. The van der Waals surface area contributed by atoms with Gasteiger partial charge in [-0.15, -0.1) is 0 Å². The number of benzene rings is 2. The molecule has 9 heteroatoms. The molecule has 1 aromatic heterocycles. The van der Waals surface area contributed by atoms with Gasteiger partial charge in [-0.25, -0.2) is 4.79 Å². The van der Waals surface area contributed by atoms with E-state index in [0.29, 0.717) is 0 Å². The summed E-state index contributed by atoms with van der Waals surface area (Å²) in [6.45, 7) is 0.311. The standard InChI is InChI=1S/C25H26N4O5/c1-29-14-16(13-27-29)12-26-24(32)22(10-11-23(30)31)28-25(33)34-15-21-19-8-4-2-6-17(19)18-7-3-5-9-20(18)21/h2-9,13-14,21-22H,10-12,15H2,1H3,(H,26,32)(H,28,33)(H,30,31). The minimum atomic E-state index is -1.06. The van der Waals surface area contributed by atoms with Crippen LogP contribution in [0.4, 0.5) is 4.79 Å². The summed E-state index contributed by atoms with van der Waals surface area (Å²) in [4.78, 5) is 36.3. The molecule has 1 heterocycles. The molecule has 0 saturated carbocycles. The molecule has 2 aromatic carbocycles. The quantitative estimate of drug-likeness (QED) is 0.449. The molecule has 4 rings (SSSR count). The Bertz CT molecular complexity index is 1160. The number of aromatic nitrogens is 2. The van der Waals surface area contributed by atoms with Gasteiger partial charge in [0.05, 0.1) is 6.20 Å². The Kier molecular flexibility index (Phi) is 6.91. The third kappa shape index (κ3) is 5.25. The lowest BCUT2D eigenvalue weighted by Crippen LogP contribution is -2.47. The number of aryl methyl sites for hydroxylation is 1. The third-order valence-corrected chi connectivity index (χ3v) is 5.82. The zero-order valence-electron chi connectivity index (χ0n) is 18.7. The normalized spacial score (nSPS) is 13.0. The number of alkyl carbamates (subject to hydrolysis) is 1. The van der Waals surface area contributed by atoms with Crippen molar-refractivity contribution in [3.05, 3.63) is 77.6 Å². The zero-order chi connectivity index (χ0) is 24.1. The molecule has 1 aliphatic carbocycles. The summed E-state index contributed by atoms with van der Waals surface area (Å²) in [7, 11) is 1.76. The second-order valence-corrected chi connectivity index (χ2v) is 8.19. The Labute approximate surface area is 196 Å². The van der Waals surface area contributed by atoms with Gasteiger partial charge in [0.2, 0.25) is 5.91 Å². The number of nitrogens with zero attached hydrogens (tertiary/aromatic N) is 2. The van der Waals surface area contributed by atoms with E-state index in [-0.39, 0.29) is 31.9 Å². The van der Waals surface area contributed by atoms with Crippen LogP contribution < -0.4 is 10.6 Å². The summed E-state index contributed by atoms with van der Waals surface area (Å²) >= 11 is 0. The minimum Gasteiger partial charge on any atom is -0.481 e. The number of carboxylic acids is 1. The molecule has 176 valence electrons. The van der Waals surface area contributed by atoms with E-state index in [1.165, 1.54) is 0 Å². The second kappa shape index (κ2) is 10.2. The van der Waals surface area contributed by atoms with Crippen LogP contribution in [-0.4, -0.2) is 45.5 Å². The molecule has 0 bridgehead atoms. The molecule has 0 aliphatic heterocycles. The van der Waals surface area contributed by atoms with Gasteiger partial charge in [-0.3, -0.25) is 14.3 Å². The van der Waals surface area contributed by atoms with Crippen molar-refractivity contribution in [2.75, 3.05) is 6.61 Å². The van der Waals surface area contributed by atoms with Gasteiger partial charge >= 0.3 is 12.1 Å². The summed E-state index contributed by atoms with van der Waals surface area (Å²) in [5, 5.41) is 18.3. The highest BCUT2D eigenvalue weighted by molar-refractivity contribution is 5.86. The topological polar surface area (TPSA) is 123 Å². The van der Waals surface area contributed by atoms with Crippen molar-refractivity contribution in [1.82, 2.24) is 20.4 Å². The van der Waals surface area contributed by atoms with Crippen LogP contribution in [-0.2, 0) is 27.9 Å². The molecule has 3 N–H and O–H groups in total. The molecule has 3 aromatic rings. The average molecular weight is 463 g/mol. The van der Waals surface area contributed by atoms with Crippen LogP contribution in [0.5, 0.6) is 0 Å². The lowest BCUT2D eigenvalue weighted by atomic mass is 9.98. The molecule has 1 aliphatic rings. The maximum Gasteiger partial charge on any atom is 0.407 e. The summed E-state index contributed by atoms with van der Waals surface area (Å²) in [5.41, 5.74) is 5.16. The Morgan fingerprint density at radius 2 is 1.74 bits per heavy atom. The van der Waals surface area contributed by atoms with Crippen molar-refractivity contribution in [1.29, 1.82) is 0 Å². The molecular weight excluding hydrogens is 436 g/mol. The number of nitrogens with one attached hydrogen (secondary N) is 2. The van der Waals surface area contributed by atoms with Gasteiger partial charge < -0.3 is 20.5 Å². The monoisotopic (exact) mass is 462 g/mol. The van der Waals surface area contributed by atoms with Crippen molar-refractivity contribution in [2.24, 2.45) is 7.05 Å². The van der Waals surface area contributed by atoms with Crippen LogP contribution in [0.3, 0.4) is 0 Å². The average Bonchev–Trinajstić information content (AvgIpc) is 3.39. The Balaban J connectivity index is 1.38. The fourth-order valence-electron chi connectivity index (χ4n) is 4.19. The molecule has 2 amide bonds. The molecule has 9 nitrogen and oxygen atoms in total. The summed E-state index contributed by atoms with van der Waals surface area (Å²) in [6.07, 6.45) is 2.28. The fourth-order valence-corrected chi connectivity index (χ4v) is 4.19. The summed E-state index contributed by atoms with van der Waals surface area (Å²) < 4.78 is 7.11. The first kappa shape index (κ1) is 23.0. The number of carbonyl (C=O) groups excluding carboxylic acids is 2. The van der Waals surface area contributed by atoms with Gasteiger partial charge in [0.25, 0.3) is 0 Å². The second-order valence-electron chi connectivity index (χ2n) is 8.19. The highest BCUT2D eigenvalue weighted by Gasteiger charge is 2.30. The number of amides is 2. The van der Waals surface area contributed by atoms with Gasteiger partial charge in [-0.05, 0) is 28.7 Å². The van der Waals surface area contributed by atoms with Crippen LogP contribution in [0.25, 0.3) is 11.1 Å². The number of ether oxygens (including phenoxy) is 1. The molecule has 0 saturated heterocycles. The predicted octanol–water partition coefficient (Wildman–Crippen LogP) is 2.81. The maximum atomic E-state index is 12.7. The molecular formula is C25H26N4O5. The predicted molar refractivity (Wildman–Crippen MR) is 124 cm³/mol. The number of aliphatic carboxylic acids is 1. The number of hydrogen-bond donors (Lipinski definition) is 3. The van der Waals surface area contributed by atoms with Gasteiger partial charge in [0.1, 0.15) is 12.6 Å². The van der Waals surface area contributed by atoms with Crippen molar-refractivity contribution >= 4 is 18.0 Å². The van der Waals surface area contributed by atoms with Crippen LogP contribution in [0.2, 0.25) is 0 Å². The van der Waals surface area contributed by atoms with Gasteiger partial charge in [0.15, 0.2) is 0 Å². The first-order chi connectivity index (χ1) is 16.4. The van der Waals surface area contributed by atoms with Gasteiger partial charge in [0, 0.05) is 37.7 Å². The highest BCUT2D eigenvalue weighted by Crippen LogP contribution is 2.44. The van der Waals surface area contributed by atoms with Crippen LogP contribution >= 0.6 is 0 Å². The van der Waals surface area contributed by atoms with Crippen molar-refractivity contribution in [3.8, 4) is 11.1 Å². The molecule has 0 radical (unpaired) electrons. The van der Waals surface area contributed by atoms with Crippen molar-refractivity contribution in [2.45, 2.75) is 31.3 Å². The number of fused-ring (bicyclic) bond motifs is 3. The van der Waals surface area contributed by atoms with E-state index < -0.39 is 24.0 Å². The third-order valence-electron chi connectivity index (χ3n) is 5.82. The lowest BCUT2D eigenvalue weighted by Gasteiger charge is -2.19. The van der Waals surface area contributed by atoms with Crippen LogP contribution in [0, 0.1) is 0 Å². The lowest BCUT2D eigenvalue weighted by molar-refractivity contribution is -0.137. The van der Waals surface area contributed by atoms with E-state index in [9.17, 15) is 14.4 Å². The summed E-state index contributed by atoms with van der Waals surface area (Å²) in [6, 6.07) is 14.9. The van der Waals surface area contributed by atoms with E-state index in [1.54, 1.807) is 24.1 Å². The zero-order valence-corrected chi connectivity index (χ0v) is 18.7.